The third kappa shape index (κ3) is 3.27. The van der Waals surface area contributed by atoms with Crippen LogP contribution in [0.5, 0.6) is 0 Å². The molecule has 3 aromatic rings. The van der Waals surface area contributed by atoms with E-state index in [-0.39, 0.29) is 0 Å². The van der Waals surface area contributed by atoms with Gasteiger partial charge in [-0.1, -0.05) is 46.3 Å². The average Bonchev–Trinajstić information content (AvgIpc) is 3.09. The topological polar surface area (TPSA) is 37.2 Å². The molecule has 1 saturated heterocycles. The zero-order chi connectivity index (χ0) is 16.4. The summed E-state index contributed by atoms with van der Waals surface area (Å²) >= 11 is 3.60. The van der Waals surface area contributed by atoms with Crippen LogP contribution in [-0.2, 0) is 6.54 Å². The molecule has 1 aromatic heterocycles. The lowest BCUT2D eigenvalue weighted by molar-refractivity contribution is 0.304. The molecule has 0 unspecified atom stereocenters. The van der Waals surface area contributed by atoms with Crippen LogP contribution in [0.4, 0.5) is 0 Å². The highest BCUT2D eigenvalue weighted by atomic mass is 79.9. The Hall–Kier alpha value is -1.62. The summed E-state index contributed by atoms with van der Waals surface area (Å²) in [4.78, 5) is 0. The lowest BCUT2D eigenvalue weighted by Crippen LogP contribution is -2.45. The minimum Gasteiger partial charge on any atom is -0.464 e. The molecule has 0 bridgehead atoms. The van der Waals surface area contributed by atoms with E-state index in [4.69, 9.17) is 4.42 Å². The maximum absolute atomic E-state index is 5.68. The Morgan fingerprint density at radius 3 is 2.92 bits per heavy atom. The Morgan fingerprint density at radius 1 is 1.17 bits per heavy atom. The second kappa shape index (κ2) is 7.09. The fraction of sp³-hybridized carbons (Fsp3) is 0.300. The molecule has 2 heterocycles. The quantitative estimate of drug-likeness (QED) is 0.679. The first-order chi connectivity index (χ1) is 11.8. The molecule has 2 atom stereocenters. The summed E-state index contributed by atoms with van der Waals surface area (Å²) < 4.78 is 6.77. The van der Waals surface area contributed by atoms with Gasteiger partial charge < -0.3 is 15.1 Å². The van der Waals surface area contributed by atoms with Gasteiger partial charge in [0.25, 0.3) is 0 Å². The second-order valence-electron chi connectivity index (χ2n) is 6.38. The maximum Gasteiger partial charge on any atom is 0.138 e. The van der Waals surface area contributed by atoms with Gasteiger partial charge in [0.05, 0.1) is 6.26 Å². The summed E-state index contributed by atoms with van der Waals surface area (Å²) in [5.74, 6) is 0. The van der Waals surface area contributed by atoms with Crippen molar-refractivity contribution in [1.82, 2.24) is 10.6 Å². The largest absolute Gasteiger partial charge is 0.464 e. The Kier molecular flexibility index (Phi) is 4.69. The van der Waals surface area contributed by atoms with E-state index in [0.29, 0.717) is 12.1 Å². The van der Waals surface area contributed by atoms with Crippen LogP contribution < -0.4 is 10.6 Å². The molecule has 4 rings (SSSR count). The van der Waals surface area contributed by atoms with Gasteiger partial charge >= 0.3 is 0 Å². The molecule has 1 aliphatic rings. The summed E-state index contributed by atoms with van der Waals surface area (Å²) in [6.45, 7) is 1.89. The summed E-state index contributed by atoms with van der Waals surface area (Å²) in [6.07, 6.45) is 4.15. The first kappa shape index (κ1) is 15.9. The van der Waals surface area contributed by atoms with E-state index in [1.165, 1.54) is 24.0 Å². The van der Waals surface area contributed by atoms with E-state index in [1.807, 2.05) is 6.07 Å². The molecule has 1 fully saturated rings. The average molecular weight is 385 g/mol. The second-order valence-corrected chi connectivity index (χ2v) is 7.29. The minimum atomic E-state index is 0.360. The monoisotopic (exact) mass is 384 g/mol. The Bertz CT molecular complexity index is 815. The number of rotatable bonds is 4. The lowest BCUT2D eigenvalue weighted by Gasteiger charge is -2.34. The van der Waals surface area contributed by atoms with E-state index < -0.39 is 0 Å². The van der Waals surface area contributed by atoms with Crippen LogP contribution in [0, 0.1) is 0 Å². The van der Waals surface area contributed by atoms with Gasteiger partial charge in [-0.2, -0.15) is 0 Å². The molecular weight excluding hydrogens is 364 g/mol. The van der Waals surface area contributed by atoms with Crippen LogP contribution in [0.25, 0.3) is 11.0 Å². The molecular formula is C20H21BrN2O. The van der Waals surface area contributed by atoms with Gasteiger partial charge in [0, 0.05) is 34.1 Å². The van der Waals surface area contributed by atoms with Crippen LogP contribution in [-0.4, -0.2) is 12.6 Å². The SMILES string of the molecule is Brc1cc(CN[C@H]2CCCN[C@H]2c2ccccc2)c2occc2c1. The lowest BCUT2D eigenvalue weighted by atomic mass is 9.92. The van der Waals surface area contributed by atoms with Gasteiger partial charge in [-0.05, 0) is 43.1 Å². The molecule has 2 N–H and O–H groups in total. The van der Waals surface area contributed by atoms with E-state index >= 15 is 0 Å². The van der Waals surface area contributed by atoms with Crippen molar-refractivity contribution in [1.29, 1.82) is 0 Å². The molecule has 3 nitrogen and oxygen atoms in total. The standard InChI is InChI=1S/C20H21BrN2O/c21-17-11-15-8-10-24-20(15)16(12-17)13-23-18-7-4-9-22-19(18)14-5-2-1-3-6-14/h1-3,5-6,8,10-12,18-19,22-23H,4,7,9,13H2/t18-,19-/m0/s1. The summed E-state index contributed by atoms with van der Waals surface area (Å²) in [5.41, 5.74) is 3.53. The highest BCUT2D eigenvalue weighted by molar-refractivity contribution is 9.10. The van der Waals surface area contributed by atoms with Crippen LogP contribution in [0.15, 0.2) is 63.7 Å². The third-order valence-corrected chi connectivity index (χ3v) is 5.22. The molecule has 0 radical (unpaired) electrons. The molecule has 1 aliphatic heterocycles. The fourth-order valence-electron chi connectivity index (χ4n) is 3.61. The third-order valence-electron chi connectivity index (χ3n) is 4.76. The van der Waals surface area contributed by atoms with Gasteiger partial charge in [0.15, 0.2) is 0 Å². The zero-order valence-corrected chi connectivity index (χ0v) is 15.1. The highest BCUT2D eigenvalue weighted by Gasteiger charge is 2.25. The van der Waals surface area contributed by atoms with Crippen molar-refractivity contribution in [3.05, 3.63) is 70.4 Å². The molecule has 2 aromatic carbocycles. The fourth-order valence-corrected chi connectivity index (χ4v) is 4.13. The number of benzene rings is 2. The number of nitrogens with one attached hydrogen (secondary N) is 2. The Labute approximate surface area is 150 Å². The summed E-state index contributed by atoms with van der Waals surface area (Å²) in [7, 11) is 0. The van der Waals surface area contributed by atoms with Crippen molar-refractivity contribution in [2.75, 3.05) is 6.54 Å². The van der Waals surface area contributed by atoms with E-state index in [9.17, 15) is 0 Å². The molecule has 4 heteroatoms. The number of furan rings is 1. The first-order valence-corrected chi connectivity index (χ1v) is 9.28. The first-order valence-electron chi connectivity index (χ1n) is 8.48. The van der Waals surface area contributed by atoms with Gasteiger partial charge in [0.2, 0.25) is 0 Å². The van der Waals surface area contributed by atoms with Crippen molar-refractivity contribution in [3.8, 4) is 0 Å². The van der Waals surface area contributed by atoms with Crippen LogP contribution >= 0.6 is 15.9 Å². The maximum atomic E-state index is 5.68. The molecule has 24 heavy (non-hydrogen) atoms. The van der Waals surface area contributed by atoms with Crippen molar-refractivity contribution in [2.45, 2.75) is 31.5 Å². The van der Waals surface area contributed by atoms with E-state index in [1.54, 1.807) is 6.26 Å². The summed E-state index contributed by atoms with van der Waals surface area (Å²) in [6, 6.07) is 17.8. The van der Waals surface area contributed by atoms with Crippen molar-refractivity contribution < 1.29 is 4.42 Å². The number of hydrogen-bond donors (Lipinski definition) is 2. The number of halogens is 1. The zero-order valence-electron chi connectivity index (χ0n) is 13.5. The van der Waals surface area contributed by atoms with Gasteiger partial charge in [-0.15, -0.1) is 0 Å². The minimum absolute atomic E-state index is 0.360. The van der Waals surface area contributed by atoms with E-state index in [0.717, 1.165) is 28.5 Å². The van der Waals surface area contributed by atoms with Gasteiger partial charge in [0.1, 0.15) is 5.58 Å². The van der Waals surface area contributed by atoms with Crippen LogP contribution in [0.3, 0.4) is 0 Å². The predicted octanol–water partition coefficient (Wildman–Crippen LogP) is 4.78. The van der Waals surface area contributed by atoms with E-state index in [2.05, 4.69) is 69.0 Å². The Morgan fingerprint density at radius 2 is 2.04 bits per heavy atom. The van der Waals surface area contributed by atoms with Crippen molar-refractivity contribution in [2.24, 2.45) is 0 Å². The van der Waals surface area contributed by atoms with Crippen LogP contribution in [0.2, 0.25) is 0 Å². The predicted molar refractivity (Wildman–Crippen MR) is 101 cm³/mol. The normalized spacial score (nSPS) is 21.2. The molecule has 0 aliphatic carbocycles. The Balaban J connectivity index is 1.54. The summed E-state index contributed by atoms with van der Waals surface area (Å²) in [5, 5.41) is 8.56. The molecule has 0 spiro atoms. The van der Waals surface area contributed by atoms with Crippen molar-refractivity contribution in [3.63, 3.8) is 0 Å². The van der Waals surface area contributed by atoms with Crippen molar-refractivity contribution >= 4 is 26.9 Å². The van der Waals surface area contributed by atoms with Gasteiger partial charge in [-0.3, -0.25) is 0 Å². The van der Waals surface area contributed by atoms with Crippen LogP contribution in [0.1, 0.15) is 30.0 Å². The number of piperidine rings is 1. The molecule has 0 amide bonds. The molecule has 0 saturated carbocycles. The molecule has 124 valence electrons. The number of hydrogen-bond acceptors (Lipinski definition) is 3. The van der Waals surface area contributed by atoms with Gasteiger partial charge in [-0.25, -0.2) is 0 Å². The smallest absolute Gasteiger partial charge is 0.138 e. The highest BCUT2D eigenvalue weighted by Crippen LogP contribution is 2.27. The number of fused-ring (bicyclic) bond motifs is 1.